The number of hydrogen-bond donors (Lipinski definition) is 2. The first-order valence-electron chi connectivity index (χ1n) is 8.73. The molecule has 32 heavy (non-hydrogen) atoms. The number of thioether (sulfide) groups is 1. The predicted molar refractivity (Wildman–Crippen MR) is 111 cm³/mol. The molecular weight excluding hydrogens is 465 g/mol. The molecule has 0 unspecified atom stereocenters. The number of nitrogens with one attached hydrogen (secondary N) is 1. The van der Waals surface area contributed by atoms with Crippen LogP contribution in [-0.2, 0) is 12.8 Å². The molecule has 0 bridgehead atoms. The maximum absolute atomic E-state index is 13.9. The first-order chi connectivity index (χ1) is 15.5. The van der Waals surface area contributed by atoms with E-state index in [1.165, 1.54) is 41.0 Å². The number of aromatic nitrogens is 8. The van der Waals surface area contributed by atoms with E-state index >= 15 is 0 Å². The van der Waals surface area contributed by atoms with Gasteiger partial charge in [-0.25, -0.2) is 14.4 Å². The van der Waals surface area contributed by atoms with Crippen molar-refractivity contribution in [3.63, 3.8) is 0 Å². The molecular formula is C16H13ClFN11O2S. The predicted octanol–water partition coefficient (Wildman–Crippen LogP) is 1.21. The Labute approximate surface area is 187 Å². The van der Waals surface area contributed by atoms with Crippen LogP contribution in [0.3, 0.4) is 0 Å². The number of amides is 1. The number of carbonyl (C=O) groups excluding carboxylic acids is 1. The summed E-state index contributed by atoms with van der Waals surface area (Å²) in [5.41, 5.74) is 8.30. The quantitative estimate of drug-likeness (QED) is 0.224. The molecule has 0 fully saturated rings. The van der Waals surface area contributed by atoms with Gasteiger partial charge in [0.05, 0.1) is 16.9 Å². The number of rotatable bonds is 7. The van der Waals surface area contributed by atoms with Crippen molar-refractivity contribution in [3.05, 3.63) is 52.3 Å². The molecule has 4 rings (SSSR count). The molecule has 3 aromatic heterocycles. The summed E-state index contributed by atoms with van der Waals surface area (Å²) in [4.78, 5) is 12.7. The Morgan fingerprint density at radius 3 is 2.94 bits per heavy atom. The Hall–Kier alpha value is -3.85. The van der Waals surface area contributed by atoms with Crippen molar-refractivity contribution in [2.45, 2.75) is 10.9 Å². The van der Waals surface area contributed by atoms with Gasteiger partial charge in [0.1, 0.15) is 12.1 Å². The van der Waals surface area contributed by atoms with Gasteiger partial charge in [0.15, 0.2) is 10.9 Å². The number of nitrogens with zero attached hydrogens (tertiary/aromatic N) is 9. The fraction of sp³-hybridized carbons (Fsp3) is 0.125. The standard InChI is InChI=1S/C16H13ClFN11O2S/c1-28-7-21-24-16(28)32-6-11-12(22-27-29(11)14-13(19)25-31-26-14)15(30)23-20-5-8-9(17)3-2-4-10(8)18/h2-5,7H,6H2,1H3,(H2,19,25)(H,23,30)/b20-5-. The lowest BCUT2D eigenvalue weighted by Crippen LogP contribution is -2.20. The number of halogens is 2. The summed E-state index contributed by atoms with van der Waals surface area (Å²) in [6.45, 7) is 0. The van der Waals surface area contributed by atoms with E-state index < -0.39 is 11.7 Å². The molecule has 0 aliphatic carbocycles. The lowest BCUT2D eigenvalue weighted by atomic mass is 10.2. The number of hydrogen-bond acceptors (Lipinski definition) is 11. The van der Waals surface area contributed by atoms with Crippen LogP contribution in [0.4, 0.5) is 10.2 Å². The first-order valence-corrected chi connectivity index (χ1v) is 10.1. The van der Waals surface area contributed by atoms with Crippen molar-refractivity contribution in [2.24, 2.45) is 12.1 Å². The van der Waals surface area contributed by atoms with Gasteiger partial charge in [-0.15, -0.1) is 15.3 Å². The molecule has 0 spiro atoms. The summed E-state index contributed by atoms with van der Waals surface area (Å²) >= 11 is 7.21. The Bertz CT molecular complexity index is 1280. The molecule has 0 radical (unpaired) electrons. The summed E-state index contributed by atoms with van der Waals surface area (Å²) in [6, 6.07) is 4.17. The monoisotopic (exact) mass is 477 g/mol. The van der Waals surface area contributed by atoms with Crippen LogP contribution in [0.15, 0.2) is 39.4 Å². The van der Waals surface area contributed by atoms with Crippen molar-refractivity contribution >= 4 is 41.3 Å². The number of anilines is 1. The third-order valence-electron chi connectivity index (χ3n) is 4.04. The Balaban J connectivity index is 1.60. The van der Waals surface area contributed by atoms with Crippen LogP contribution in [0.1, 0.15) is 21.7 Å². The van der Waals surface area contributed by atoms with Gasteiger partial charge in [-0.1, -0.05) is 34.6 Å². The van der Waals surface area contributed by atoms with Crippen LogP contribution in [0.5, 0.6) is 0 Å². The Kier molecular flexibility index (Phi) is 6.09. The average Bonchev–Trinajstić information content (AvgIpc) is 3.48. The van der Waals surface area contributed by atoms with E-state index in [0.717, 1.165) is 6.21 Å². The molecule has 1 amide bonds. The molecule has 0 saturated heterocycles. The van der Waals surface area contributed by atoms with Crippen molar-refractivity contribution in [3.8, 4) is 5.82 Å². The summed E-state index contributed by atoms with van der Waals surface area (Å²) in [5.74, 6) is -1.08. The third-order valence-corrected chi connectivity index (χ3v) is 5.42. The van der Waals surface area contributed by atoms with E-state index in [1.807, 2.05) is 0 Å². The number of aryl methyl sites for hydroxylation is 1. The number of nitrogen functional groups attached to an aromatic ring is 1. The van der Waals surface area contributed by atoms with E-state index in [0.29, 0.717) is 10.9 Å². The van der Waals surface area contributed by atoms with Crippen molar-refractivity contribution in [1.29, 1.82) is 0 Å². The molecule has 0 saturated carbocycles. The van der Waals surface area contributed by atoms with E-state index in [9.17, 15) is 9.18 Å². The zero-order valence-corrected chi connectivity index (χ0v) is 17.7. The number of benzene rings is 1. The van der Waals surface area contributed by atoms with Gasteiger partial charge in [-0.05, 0) is 22.4 Å². The lowest BCUT2D eigenvalue weighted by molar-refractivity contribution is 0.0949. The fourth-order valence-corrected chi connectivity index (χ4v) is 3.59. The highest BCUT2D eigenvalue weighted by Crippen LogP contribution is 2.24. The summed E-state index contributed by atoms with van der Waals surface area (Å²) in [7, 11) is 1.77. The van der Waals surface area contributed by atoms with E-state index in [2.05, 4.69) is 46.0 Å². The minimum atomic E-state index is -0.705. The summed E-state index contributed by atoms with van der Waals surface area (Å²) < 4.78 is 21.4. The van der Waals surface area contributed by atoms with E-state index in [-0.39, 0.29) is 33.7 Å². The molecule has 0 aliphatic heterocycles. The summed E-state index contributed by atoms with van der Waals surface area (Å²) in [5, 5.41) is 27.3. The maximum Gasteiger partial charge on any atom is 0.293 e. The molecule has 16 heteroatoms. The second kappa shape index (κ2) is 9.11. The Morgan fingerprint density at radius 1 is 1.41 bits per heavy atom. The van der Waals surface area contributed by atoms with Gasteiger partial charge in [0.25, 0.3) is 5.91 Å². The van der Waals surface area contributed by atoms with Crippen molar-refractivity contribution in [1.82, 2.24) is 45.5 Å². The highest BCUT2D eigenvalue weighted by molar-refractivity contribution is 7.98. The third kappa shape index (κ3) is 4.28. The maximum atomic E-state index is 13.9. The van der Waals surface area contributed by atoms with Crippen LogP contribution >= 0.6 is 23.4 Å². The number of hydrazone groups is 1. The van der Waals surface area contributed by atoms with Gasteiger partial charge in [0, 0.05) is 18.4 Å². The average molecular weight is 478 g/mol. The van der Waals surface area contributed by atoms with Crippen LogP contribution < -0.4 is 11.2 Å². The van der Waals surface area contributed by atoms with Gasteiger partial charge in [-0.3, -0.25) is 4.79 Å². The fourth-order valence-electron chi connectivity index (χ4n) is 2.49. The van der Waals surface area contributed by atoms with Crippen LogP contribution in [0.25, 0.3) is 5.82 Å². The van der Waals surface area contributed by atoms with E-state index in [4.69, 9.17) is 17.3 Å². The van der Waals surface area contributed by atoms with Gasteiger partial charge >= 0.3 is 0 Å². The number of carbonyl (C=O) groups is 1. The highest BCUT2D eigenvalue weighted by atomic mass is 35.5. The SMILES string of the molecule is Cn1cnnc1SCc1c(C(=O)N/N=C\c2c(F)cccc2Cl)nnn1-c1nonc1N. The molecule has 3 N–H and O–H groups in total. The normalized spacial score (nSPS) is 11.3. The zero-order valence-electron chi connectivity index (χ0n) is 16.2. The van der Waals surface area contributed by atoms with Crippen LogP contribution in [-0.4, -0.2) is 52.2 Å². The second-order valence-electron chi connectivity index (χ2n) is 6.12. The summed E-state index contributed by atoms with van der Waals surface area (Å²) in [6.07, 6.45) is 2.63. The van der Waals surface area contributed by atoms with Gasteiger partial charge < -0.3 is 10.3 Å². The molecule has 3 heterocycles. The first kappa shape index (κ1) is 21.4. The molecule has 164 valence electrons. The minimum absolute atomic E-state index is 0.0256. The molecule has 0 atom stereocenters. The smallest absolute Gasteiger partial charge is 0.293 e. The van der Waals surface area contributed by atoms with Gasteiger partial charge in [0.2, 0.25) is 11.6 Å². The topological polar surface area (TPSA) is 168 Å². The number of nitrogens with two attached hydrogens (primary N) is 1. The van der Waals surface area contributed by atoms with Gasteiger partial charge in [-0.2, -0.15) is 9.78 Å². The largest absolute Gasteiger partial charge is 0.378 e. The molecule has 13 nitrogen and oxygen atoms in total. The highest BCUT2D eigenvalue weighted by Gasteiger charge is 2.24. The zero-order chi connectivity index (χ0) is 22.7. The van der Waals surface area contributed by atoms with Crippen LogP contribution in [0, 0.1) is 5.82 Å². The molecule has 0 aliphatic rings. The van der Waals surface area contributed by atoms with E-state index in [1.54, 1.807) is 11.6 Å². The lowest BCUT2D eigenvalue weighted by Gasteiger charge is -2.05. The van der Waals surface area contributed by atoms with Crippen LogP contribution in [0.2, 0.25) is 5.02 Å². The minimum Gasteiger partial charge on any atom is -0.378 e. The molecule has 4 aromatic rings. The molecule has 1 aromatic carbocycles. The van der Waals surface area contributed by atoms with Crippen molar-refractivity contribution in [2.75, 3.05) is 5.73 Å². The Morgan fingerprint density at radius 2 is 2.25 bits per heavy atom. The second-order valence-corrected chi connectivity index (χ2v) is 7.47. The van der Waals surface area contributed by atoms with Crippen molar-refractivity contribution < 1.29 is 13.8 Å².